The second kappa shape index (κ2) is 9.93. The first-order valence-corrected chi connectivity index (χ1v) is 11.8. The lowest BCUT2D eigenvalue weighted by molar-refractivity contribution is 0.292. The highest BCUT2D eigenvalue weighted by Gasteiger charge is 2.41. The molecule has 4 rings (SSSR count). The maximum atomic E-state index is 5.83. The number of hydrogen-bond acceptors (Lipinski definition) is 4. The third kappa shape index (κ3) is 4.75. The van der Waals surface area contributed by atoms with Crippen LogP contribution in [0.5, 0.6) is 5.75 Å². The Kier molecular flexibility index (Phi) is 7.00. The van der Waals surface area contributed by atoms with E-state index in [9.17, 15) is 0 Å². The summed E-state index contributed by atoms with van der Waals surface area (Å²) in [5.41, 5.74) is 5.82. The third-order valence-electron chi connectivity index (χ3n) is 6.32. The van der Waals surface area contributed by atoms with Crippen molar-refractivity contribution in [3.8, 4) is 11.4 Å². The van der Waals surface area contributed by atoms with E-state index >= 15 is 0 Å². The van der Waals surface area contributed by atoms with Gasteiger partial charge in [0, 0.05) is 29.8 Å². The van der Waals surface area contributed by atoms with Gasteiger partial charge in [0.25, 0.3) is 0 Å². The van der Waals surface area contributed by atoms with Crippen molar-refractivity contribution in [3.63, 3.8) is 0 Å². The van der Waals surface area contributed by atoms with Gasteiger partial charge >= 0.3 is 0 Å². The van der Waals surface area contributed by atoms with E-state index < -0.39 is 0 Å². The van der Waals surface area contributed by atoms with Crippen LogP contribution >= 0.6 is 12.2 Å². The normalized spacial score (nSPS) is 18.1. The molecule has 2 aromatic heterocycles. The number of aryl methyl sites for hydroxylation is 1. The summed E-state index contributed by atoms with van der Waals surface area (Å²) in [6.07, 6.45) is 2.89. The van der Waals surface area contributed by atoms with Gasteiger partial charge in [-0.25, -0.2) is 0 Å². The molecule has 2 atom stereocenters. The smallest absolute Gasteiger partial charge is 0.170 e. The number of nitrogens with one attached hydrogen (secondary N) is 1. The molecule has 7 heteroatoms. The minimum atomic E-state index is 0.00266. The van der Waals surface area contributed by atoms with E-state index in [-0.39, 0.29) is 12.1 Å². The Morgan fingerprint density at radius 3 is 2.52 bits per heavy atom. The van der Waals surface area contributed by atoms with Crippen molar-refractivity contribution in [3.05, 3.63) is 77.4 Å². The number of methoxy groups -OCH3 is 1. The molecule has 33 heavy (non-hydrogen) atoms. The van der Waals surface area contributed by atoms with Crippen LogP contribution in [0.25, 0.3) is 5.69 Å². The van der Waals surface area contributed by atoms with Crippen molar-refractivity contribution in [1.29, 1.82) is 0 Å². The third-order valence-corrected chi connectivity index (χ3v) is 6.67. The SMILES string of the molecule is COc1ccc(-n2c(C)cc([C@@H]3[C@H](c4ccccn4)NC(=S)N3CCCN(C)C)c2C)cc1. The van der Waals surface area contributed by atoms with Gasteiger partial charge in [-0.3, -0.25) is 4.98 Å². The van der Waals surface area contributed by atoms with Crippen LogP contribution in [-0.4, -0.2) is 58.8 Å². The van der Waals surface area contributed by atoms with Gasteiger partial charge in [-0.1, -0.05) is 6.07 Å². The number of rotatable bonds is 8. The molecule has 0 aliphatic carbocycles. The topological polar surface area (TPSA) is 45.6 Å². The average Bonchev–Trinajstić information content (AvgIpc) is 3.29. The monoisotopic (exact) mass is 463 g/mol. The van der Waals surface area contributed by atoms with Crippen LogP contribution in [0, 0.1) is 13.8 Å². The Morgan fingerprint density at radius 1 is 1.12 bits per heavy atom. The number of aromatic nitrogens is 2. The van der Waals surface area contributed by atoms with E-state index in [2.05, 4.69) is 76.9 Å². The predicted molar refractivity (Wildman–Crippen MR) is 137 cm³/mol. The van der Waals surface area contributed by atoms with Crippen molar-refractivity contribution < 1.29 is 4.74 Å². The molecule has 0 saturated carbocycles. The molecule has 0 radical (unpaired) electrons. The average molecular weight is 464 g/mol. The number of nitrogens with zero attached hydrogens (tertiary/aromatic N) is 4. The number of ether oxygens (including phenoxy) is 1. The molecule has 1 aromatic carbocycles. The van der Waals surface area contributed by atoms with Crippen LogP contribution in [-0.2, 0) is 0 Å². The van der Waals surface area contributed by atoms with Crippen LogP contribution < -0.4 is 10.1 Å². The fourth-order valence-corrected chi connectivity index (χ4v) is 5.09. The predicted octanol–water partition coefficient (Wildman–Crippen LogP) is 4.42. The van der Waals surface area contributed by atoms with E-state index in [0.717, 1.165) is 41.8 Å². The van der Waals surface area contributed by atoms with Gasteiger partial charge in [-0.2, -0.15) is 0 Å². The van der Waals surface area contributed by atoms with E-state index in [0.29, 0.717) is 0 Å². The van der Waals surface area contributed by atoms with Gasteiger partial charge in [-0.05, 0) is 101 Å². The van der Waals surface area contributed by atoms with Crippen molar-refractivity contribution in [1.82, 2.24) is 24.7 Å². The first-order valence-electron chi connectivity index (χ1n) is 11.4. The van der Waals surface area contributed by atoms with Crippen LogP contribution in [0.1, 0.15) is 41.1 Å². The van der Waals surface area contributed by atoms with Crippen LogP contribution in [0.3, 0.4) is 0 Å². The van der Waals surface area contributed by atoms with E-state index in [1.165, 1.54) is 17.0 Å². The fraction of sp³-hybridized carbons (Fsp3) is 0.385. The zero-order valence-electron chi connectivity index (χ0n) is 20.1. The number of thiocarbonyl (C=S) groups is 1. The maximum absolute atomic E-state index is 5.83. The molecule has 0 spiro atoms. The number of pyridine rings is 1. The molecule has 1 fully saturated rings. The molecule has 0 bridgehead atoms. The Bertz CT molecular complexity index is 1090. The summed E-state index contributed by atoms with van der Waals surface area (Å²) < 4.78 is 7.66. The Morgan fingerprint density at radius 2 is 1.88 bits per heavy atom. The first kappa shape index (κ1) is 23.3. The van der Waals surface area contributed by atoms with E-state index in [1.54, 1.807) is 7.11 Å². The summed E-state index contributed by atoms with van der Waals surface area (Å²) >= 11 is 5.83. The second-order valence-electron chi connectivity index (χ2n) is 8.84. The molecule has 0 amide bonds. The number of benzene rings is 1. The second-order valence-corrected chi connectivity index (χ2v) is 9.22. The summed E-state index contributed by atoms with van der Waals surface area (Å²) in [4.78, 5) is 9.23. The van der Waals surface area contributed by atoms with Crippen molar-refractivity contribution in [2.24, 2.45) is 0 Å². The van der Waals surface area contributed by atoms with Gasteiger partial charge in [0.15, 0.2) is 5.11 Å². The Balaban J connectivity index is 1.75. The summed E-state index contributed by atoms with van der Waals surface area (Å²) in [7, 11) is 5.91. The Labute approximate surface area is 202 Å². The molecule has 1 saturated heterocycles. The van der Waals surface area contributed by atoms with Crippen LogP contribution in [0.15, 0.2) is 54.7 Å². The van der Waals surface area contributed by atoms with Gasteiger partial charge in [0.05, 0.1) is 24.9 Å². The lowest BCUT2D eigenvalue weighted by atomic mass is 9.96. The quantitative estimate of drug-likeness (QED) is 0.499. The van der Waals surface area contributed by atoms with Gasteiger partial charge in [0.1, 0.15) is 5.75 Å². The molecule has 0 unspecified atom stereocenters. The zero-order chi connectivity index (χ0) is 23.5. The highest BCUT2D eigenvalue weighted by Crippen LogP contribution is 2.41. The standard InChI is InChI=1S/C26H33N5OS/c1-18-17-22(19(2)31(18)20-10-12-21(32-5)13-11-20)25-24(23-9-6-7-14-27-23)28-26(33)30(25)16-8-15-29(3)4/h6-7,9-14,17,24-25H,8,15-16H2,1-5H3,(H,28,33)/t24-,25+/m0/s1. The molecular weight excluding hydrogens is 430 g/mol. The summed E-state index contributed by atoms with van der Waals surface area (Å²) in [5, 5.41) is 4.37. The zero-order valence-corrected chi connectivity index (χ0v) is 20.9. The Hall–Kier alpha value is -2.90. The molecule has 3 aromatic rings. The minimum absolute atomic E-state index is 0.00266. The van der Waals surface area contributed by atoms with Gasteiger partial charge in [-0.15, -0.1) is 0 Å². The van der Waals surface area contributed by atoms with Crippen molar-refractivity contribution >= 4 is 17.3 Å². The van der Waals surface area contributed by atoms with Gasteiger partial charge in [0.2, 0.25) is 0 Å². The van der Waals surface area contributed by atoms with Crippen LogP contribution in [0.2, 0.25) is 0 Å². The fourth-order valence-electron chi connectivity index (χ4n) is 4.76. The summed E-state index contributed by atoms with van der Waals surface area (Å²) in [5.74, 6) is 0.856. The molecule has 174 valence electrons. The lowest BCUT2D eigenvalue weighted by Gasteiger charge is -2.28. The van der Waals surface area contributed by atoms with Crippen LogP contribution in [0.4, 0.5) is 0 Å². The summed E-state index contributed by atoms with van der Waals surface area (Å²) in [6.45, 7) is 6.27. The maximum Gasteiger partial charge on any atom is 0.170 e. The molecule has 1 aliphatic heterocycles. The molecule has 6 nitrogen and oxygen atoms in total. The van der Waals surface area contributed by atoms with E-state index in [1.807, 2.05) is 30.5 Å². The molecule has 1 aliphatic rings. The highest BCUT2D eigenvalue weighted by molar-refractivity contribution is 7.80. The van der Waals surface area contributed by atoms with Gasteiger partial charge < -0.3 is 24.4 Å². The molecular formula is C26H33N5OS. The molecule has 3 heterocycles. The number of hydrogen-bond donors (Lipinski definition) is 1. The minimum Gasteiger partial charge on any atom is -0.497 e. The van der Waals surface area contributed by atoms with E-state index in [4.69, 9.17) is 17.0 Å². The van der Waals surface area contributed by atoms with Crippen molar-refractivity contribution in [2.75, 3.05) is 34.3 Å². The highest BCUT2D eigenvalue weighted by atomic mass is 32.1. The first-order chi connectivity index (χ1) is 15.9. The lowest BCUT2D eigenvalue weighted by Crippen LogP contribution is -2.32. The molecule has 1 N–H and O–H groups in total. The summed E-state index contributed by atoms with van der Waals surface area (Å²) in [6, 6.07) is 16.7. The largest absolute Gasteiger partial charge is 0.497 e. The van der Waals surface area contributed by atoms with Crippen molar-refractivity contribution in [2.45, 2.75) is 32.4 Å².